The van der Waals surface area contributed by atoms with Crippen LogP contribution in [0.5, 0.6) is 0 Å². The molecule has 0 aliphatic carbocycles. The molecule has 6 nitrogen and oxygen atoms in total. The first kappa shape index (κ1) is 15.6. The number of hydrogen-bond donors (Lipinski definition) is 0. The molecular formula is C12H4BrClO6S3. The molecule has 2 aliphatic heterocycles. The summed E-state index contributed by atoms with van der Waals surface area (Å²) in [6, 6.07) is 4.39. The second-order valence-electron chi connectivity index (χ2n) is 5.02. The molecule has 0 N–H and O–H groups in total. The smallest absolute Gasteiger partial charge is 0.218 e. The molecule has 0 aromatic heterocycles. The summed E-state index contributed by atoms with van der Waals surface area (Å²) in [5, 5.41) is 0. The molecule has 0 atom stereocenters. The predicted molar refractivity (Wildman–Crippen MR) is 83.5 cm³/mol. The minimum absolute atomic E-state index is 0.0200. The van der Waals surface area contributed by atoms with Crippen molar-refractivity contribution in [2.45, 2.75) is 24.5 Å². The van der Waals surface area contributed by atoms with Crippen LogP contribution in [0, 0.1) is 0 Å². The lowest BCUT2D eigenvalue weighted by molar-refractivity contribution is 0.595. The van der Waals surface area contributed by atoms with E-state index in [1.165, 1.54) is 12.1 Å². The van der Waals surface area contributed by atoms with Crippen LogP contribution < -0.4 is 0 Å². The molecule has 4 rings (SSSR count). The molecule has 0 bridgehead atoms. The van der Waals surface area contributed by atoms with Gasteiger partial charge in [0.1, 0.15) is 0 Å². The van der Waals surface area contributed by atoms with Gasteiger partial charge >= 0.3 is 0 Å². The van der Waals surface area contributed by atoms with Crippen LogP contribution in [-0.2, 0) is 28.7 Å². The highest BCUT2D eigenvalue weighted by Gasteiger charge is 2.47. The number of benzene rings is 2. The standard InChI is InChI=1S/C12H4BrClO6S3/c13-5-1-7-11-8(2-5)22(17,18)10-4-6(23(14,19)20)3-9(12(10)11)21(7,15)16/h1-4H. The molecule has 2 aromatic carbocycles. The van der Waals surface area contributed by atoms with Crippen molar-refractivity contribution in [1.82, 2.24) is 0 Å². The van der Waals surface area contributed by atoms with Gasteiger partial charge in [0, 0.05) is 26.3 Å². The zero-order valence-electron chi connectivity index (χ0n) is 10.7. The third-order valence-corrected chi connectivity index (χ3v) is 9.16. The summed E-state index contributed by atoms with van der Waals surface area (Å²) in [4.78, 5) is -1.61. The first-order chi connectivity index (χ1) is 10.5. The fourth-order valence-corrected chi connectivity index (χ4v) is 8.19. The second kappa shape index (κ2) is 4.17. The van der Waals surface area contributed by atoms with E-state index >= 15 is 0 Å². The molecule has 0 saturated heterocycles. The Hall–Kier alpha value is -0.940. The zero-order chi connectivity index (χ0) is 16.9. The van der Waals surface area contributed by atoms with E-state index in [1.807, 2.05) is 0 Å². The summed E-state index contributed by atoms with van der Waals surface area (Å²) in [7, 11) is -7.06. The van der Waals surface area contributed by atoms with Crippen molar-refractivity contribution in [2.24, 2.45) is 0 Å². The fourth-order valence-electron chi connectivity index (χ4n) is 2.84. The Morgan fingerprint density at radius 3 is 1.48 bits per heavy atom. The highest BCUT2D eigenvalue weighted by Crippen LogP contribution is 2.56. The lowest BCUT2D eigenvalue weighted by atomic mass is 10.1. The highest BCUT2D eigenvalue weighted by molar-refractivity contribution is 9.10. The average Bonchev–Trinajstić information content (AvgIpc) is 2.77. The van der Waals surface area contributed by atoms with Crippen molar-refractivity contribution >= 4 is 55.3 Å². The number of hydrogen-bond acceptors (Lipinski definition) is 6. The van der Waals surface area contributed by atoms with Gasteiger partial charge in [-0.3, -0.25) is 0 Å². The summed E-state index contributed by atoms with van der Waals surface area (Å²) < 4.78 is 74.0. The van der Waals surface area contributed by atoms with Crippen molar-refractivity contribution in [1.29, 1.82) is 0 Å². The molecule has 2 aliphatic rings. The van der Waals surface area contributed by atoms with Crippen molar-refractivity contribution in [3.05, 3.63) is 28.7 Å². The first-order valence-electron chi connectivity index (χ1n) is 5.92. The zero-order valence-corrected chi connectivity index (χ0v) is 15.5. The van der Waals surface area contributed by atoms with Crippen LogP contribution >= 0.6 is 26.6 Å². The van der Waals surface area contributed by atoms with Gasteiger partial charge in [-0.15, -0.1) is 0 Å². The Bertz CT molecular complexity index is 1180. The molecule has 0 amide bonds. The molecule has 2 aromatic rings. The van der Waals surface area contributed by atoms with Gasteiger partial charge in [0.2, 0.25) is 19.7 Å². The molecule has 0 unspecified atom stereocenters. The number of sulfone groups is 2. The maximum Gasteiger partial charge on any atom is 0.261 e. The number of rotatable bonds is 1. The molecular weight excluding hydrogens is 452 g/mol. The summed E-state index contributed by atoms with van der Waals surface area (Å²) in [5.41, 5.74) is 0.114. The third kappa shape index (κ3) is 1.81. The van der Waals surface area contributed by atoms with E-state index in [4.69, 9.17) is 10.7 Å². The van der Waals surface area contributed by atoms with E-state index in [2.05, 4.69) is 15.9 Å². The van der Waals surface area contributed by atoms with Gasteiger partial charge in [-0.2, -0.15) is 0 Å². The fraction of sp³-hybridized carbons (Fsp3) is 0. The maximum absolute atomic E-state index is 12.6. The monoisotopic (exact) mass is 454 g/mol. The molecule has 23 heavy (non-hydrogen) atoms. The van der Waals surface area contributed by atoms with Crippen LogP contribution in [-0.4, -0.2) is 25.3 Å². The lowest BCUT2D eigenvalue weighted by Crippen LogP contribution is -2.06. The molecule has 11 heteroatoms. The molecule has 0 spiro atoms. The van der Waals surface area contributed by atoms with E-state index in [9.17, 15) is 25.3 Å². The lowest BCUT2D eigenvalue weighted by Gasteiger charge is -2.07. The van der Waals surface area contributed by atoms with Gasteiger partial charge in [0.25, 0.3) is 9.05 Å². The van der Waals surface area contributed by atoms with Gasteiger partial charge in [-0.25, -0.2) is 25.3 Å². The Kier molecular flexibility index (Phi) is 2.83. The Labute approximate surface area is 144 Å². The second-order valence-corrected chi connectivity index (χ2v) is 12.3. The van der Waals surface area contributed by atoms with Crippen LogP contribution in [0.15, 0.2) is 53.2 Å². The first-order valence-corrected chi connectivity index (χ1v) is 12.0. The van der Waals surface area contributed by atoms with Crippen molar-refractivity contribution in [2.75, 3.05) is 0 Å². The van der Waals surface area contributed by atoms with Crippen molar-refractivity contribution < 1.29 is 25.3 Å². The largest absolute Gasteiger partial charge is 0.261 e. The average molecular weight is 456 g/mol. The Balaban J connectivity index is 2.33. The van der Waals surface area contributed by atoms with Crippen LogP contribution in [0.1, 0.15) is 0 Å². The summed E-state index contributed by atoms with van der Waals surface area (Å²) in [6.45, 7) is 0. The minimum Gasteiger partial charge on any atom is -0.218 e. The Morgan fingerprint density at radius 1 is 0.783 bits per heavy atom. The summed E-state index contributed by atoms with van der Waals surface area (Å²) >= 11 is 3.10. The Morgan fingerprint density at radius 2 is 1.13 bits per heavy atom. The SMILES string of the molecule is O=S(=O)(Cl)c1cc2c3c(c1)S(=O)(=O)c1cc(Br)cc(c1-3)S2(=O)=O. The number of halogens is 2. The molecule has 120 valence electrons. The van der Waals surface area contributed by atoms with E-state index in [0.717, 1.165) is 12.1 Å². The van der Waals surface area contributed by atoms with Crippen molar-refractivity contribution in [3.63, 3.8) is 0 Å². The van der Waals surface area contributed by atoms with E-state index < -0.39 is 33.6 Å². The topological polar surface area (TPSA) is 102 Å². The highest BCUT2D eigenvalue weighted by atomic mass is 79.9. The van der Waals surface area contributed by atoms with Crippen molar-refractivity contribution in [3.8, 4) is 11.1 Å². The van der Waals surface area contributed by atoms with Gasteiger partial charge in [-0.05, 0) is 24.3 Å². The summed E-state index contributed by atoms with van der Waals surface area (Å²) in [5.74, 6) is 0. The normalized spacial score (nSPS) is 18.9. The van der Waals surface area contributed by atoms with E-state index in [-0.39, 0.29) is 30.7 Å². The van der Waals surface area contributed by atoms with Gasteiger partial charge < -0.3 is 0 Å². The van der Waals surface area contributed by atoms with Gasteiger partial charge in [0.05, 0.1) is 24.5 Å². The molecule has 2 heterocycles. The van der Waals surface area contributed by atoms with Gasteiger partial charge in [0.15, 0.2) is 0 Å². The third-order valence-electron chi connectivity index (χ3n) is 3.76. The molecule has 0 fully saturated rings. The van der Waals surface area contributed by atoms with Crippen LogP contribution in [0.25, 0.3) is 11.1 Å². The molecule has 0 radical (unpaired) electrons. The maximum atomic E-state index is 12.6. The summed E-state index contributed by atoms with van der Waals surface area (Å²) in [6.07, 6.45) is 0. The van der Waals surface area contributed by atoms with Crippen LogP contribution in [0.2, 0.25) is 0 Å². The van der Waals surface area contributed by atoms with Crippen LogP contribution in [0.3, 0.4) is 0 Å². The predicted octanol–water partition coefficient (Wildman–Crippen LogP) is 2.34. The molecule has 0 saturated carbocycles. The van der Waals surface area contributed by atoms with Crippen LogP contribution in [0.4, 0.5) is 0 Å². The van der Waals surface area contributed by atoms with Gasteiger partial charge in [-0.1, -0.05) is 15.9 Å². The van der Waals surface area contributed by atoms with E-state index in [1.54, 1.807) is 0 Å². The quantitative estimate of drug-likeness (QED) is 0.408. The van der Waals surface area contributed by atoms with E-state index in [0.29, 0.717) is 4.47 Å². The minimum atomic E-state index is -4.29.